The predicted octanol–water partition coefficient (Wildman–Crippen LogP) is -0.420. The van der Waals surface area contributed by atoms with Crippen molar-refractivity contribution in [3.8, 4) is 5.75 Å². The van der Waals surface area contributed by atoms with E-state index in [4.69, 9.17) is 9.47 Å². The Bertz CT molecular complexity index is 624. The van der Waals surface area contributed by atoms with Crippen molar-refractivity contribution in [2.24, 2.45) is 7.05 Å². The Morgan fingerprint density at radius 2 is 2.09 bits per heavy atom. The van der Waals surface area contributed by atoms with E-state index in [1.807, 2.05) is 13.2 Å². The van der Waals surface area contributed by atoms with Gasteiger partial charge in [-0.15, -0.1) is 0 Å². The molecule has 3 heterocycles. The molecule has 0 aromatic carbocycles. The molecular weight excluding hydrogens is 320 g/mol. The zero-order chi connectivity index (χ0) is 16.4. The van der Waals surface area contributed by atoms with Crippen molar-refractivity contribution in [1.82, 2.24) is 19.4 Å². The number of sulfonamides is 1. The van der Waals surface area contributed by atoms with Crippen LogP contribution >= 0.6 is 0 Å². The monoisotopic (exact) mass is 344 g/mol. The third-order valence-corrected chi connectivity index (χ3v) is 5.67. The summed E-state index contributed by atoms with van der Waals surface area (Å²) in [5, 5.41) is 7.67. The number of aryl methyl sites for hydroxylation is 1. The van der Waals surface area contributed by atoms with Gasteiger partial charge in [-0.3, -0.25) is 4.68 Å². The van der Waals surface area contributed by atoms with Gasteiger partial charge in [0.05, 0.1) is 37.9 Å². The summed E-state index contributed by atoms with van der Waals surface area (Å²) in [6.45, 7) is 2.29. The third-order valence-electron chi connectivity index (χ3n) is 4.37. The fourth-order valence-electron chi connectivity index (χ4n) is 3.10. The van der Waals surface area contributed by atoms with Gasteiger partial charge in [-0.1, -0.05) is 0 Å². The summed E-state index contributed by atoms with van der Waals surface area (Å²) in [4.78, 5) is 0. The Kier molecular flexibility index (Phi) is 4.90. The van der Waals surface area contributed by atoms with Crippen LogP contribution in [0.2, 0.25) is 0 Å². The van der Waals surface area contributed by atoms with Crippen LogP contribution in [0.1, 0.15) is 12.8 Å². The minimum atomic E-state index is -3.08. The standard InChI is InChI=1S/C14H24N4O4S/c1-17-8-12(7-15-17)22-14-10-21-9-13(14)16-11-3-5-18(6-4-11)23(2,19)20/h7-8,11,13-14,16H,3-6,9-10H2,1-2H3/t13-,14+/m0/s1. The van der Waals surface area contributed by atoms with E-state index in [9.17, 15) is 8.42 Å². The lowest BCUT2D eigenvalue weighted by Crippen LogP contribution is -2.51. The summed E-state index contributed by atoms with van der Waals surface area (Å²) in [6.07, 6.45) is 6.36. The fourth-order valence-corrected chi connectivity index (χ4v) is 3.97. The average Bonchev–Trinajstić information content (AvgIpc) is 3.09. The van der Waals surface area contributed by atoms with Crippen LogP contribution in [0.5, 0.6) is 5.75 Å². The van der Waals surface area contributed by atoms with Gasteiger partial charge in [-0.25, -0.2) is 12.7 Å². The maximum Gasteiger partial charge on any atom is 0.211 e. The van der Waals surface area contributed by atoms with Crippen LogP contribution in [0.15, 0.2) is 12.4 Å². The Labute approximate surface area is 136 Å². The number of rotatable bonds is 5. The Hall–Kier alpha value is -1.16. The highest BCUT2D eigenvalue weighted by Gasteiger charge is 2.33. The van der Waals surface area contributed by atoms with Gasteiger partial charge in [-0.2, -0.15) is 5.10 Å². The van der Waals surface area contributed by atoms with Gasteiger partial charge in [-0.05, 0) is 12.8 Å². The normalized spacial score (nSPS) is 27.4. The summed E-state index contributed by atoms with van der Waals surface area (Å²) in [5.74, 6) is 0.738. The molecule has 3 rings (SSSR count). The highest BCUT2D eigenvalue weighted by atomic mass is 32.2. The van der Waals surface area contributed by atoms with Crippen LogP contribution in [0, 0.1) is 0 Å². The molecule has 2 fully saturated rings. The van der Waals surface area contributed by atoms with Crippen LogP contribution in [0.3, 0.4) is 0 Å². The highest BCUT2D eigenvalue weighted by molar-refractivity contribution is 7.88. The molecule has 1 aromatic rings. The Morgan fingerprint density at radius 1 is 1.35 bits per heavy atom. The van der Waals surface area contributed by atoms with Gasteiger partial charge >= 0.3 is 0 Å². The molecule has 0 spiro atoms. The van der Waals surface area contributed by atoms with Crippen molar-refractivity contribution in [2.75, 3.05) is 32.6 Å². The molecule has 0 bridgehead atoms. The van der Waals surface area contributed by atoms with Crippen LogP contribution in [0.25, 0.3) is 0 Å². The molecule has 0 unspecified atom stereocenters. The molecule has 2 aliphatic rings. The molecule has 0 amide bonds. The van der Waals surface area contributed by atoms with E-state index < -0.39 is 10.0 Å². The number of nitrogens with one attached hydrogen (secondary N) is 1. The van der Waals surface area contributed by atoms with E-state index in [2.05, 4.69) is 10.4 Å². The number of aromatic nitrogens is 2. The van der Waals surface area contributed by atoms with Crippen LogP contribution in [-0.4, -0.2) is 73.3 Å². The SMILES string of the molecule is Cn1cc(O[C@@H]2COC[C@@H]2NC2CCN(S(C)(=O)=O)CC2)cn1. The zero-order valence-electron chi connectivity index (χ0n) is 13.5. The van der Waals surface area contributed by atoms with Crippen molar-refractivity contribution < 1.29 is 17.9 Å². The maximum atomic E-state index is 11.6. The molecular formula is C14H24N4O4S. The molecule has 1 aromatic heterocycles. The lowest BCUT2D eigenvalue weighted by molar-refractivity contribution is 0.137. The summed E-state index contributed by atoms with van der Waals surface area (Å²) >= 11 is 0. The second kappa shape index (κ2) is 6.76. The maximum absolute atomic E-state index is 11.6. The number of hydrogen-bond donors (Lipinski definition) is 1. The Morgan fingerprint density at radius 3 is 2.70 bits per heavy atom. The first-order chi connectivity index (χ1) is 10.9. The van der Waals surface area contributed by atoms with Crippen molar-refractivity contribution in [2.45, 2.75) is 31.0 Å². The molecule has 2 atom stereocenters. The van der Waals surface area contributed by atoms with Crippen LogP contribution in [-0.2, 0) is 21.8 Å². The first kappa shape index (κ1) is 16.7. The van der Waals surface area contributed by atoms with Gasteiger partial charge in [0.15, 0.2) is 5.75 Å². The first-order valence-corrected chi connectivity index (χ1v) is 9.71. The van der Waals surface area contributed by atoms with Gasteiger partial charge < -0.3 is 14.8 Å². The number of piperidine rings is 1. The lowest BCUT2D eigenvalue weighted by Gasteiger charge is -2.33. The van der Waals surface area contributed by atoms with Gasteiger partial charge in [0.2, 0.25) is 10.0 Å². The number of nitrogens with zero attached hydrogens (tertiary/aromatic N) is 3. The Balaban J connectivity index is 1.51. The average molecular weight is 344 g/mol. The fraction of sp³-hybridized carbons (Fsp3) is 0.786. The smallest absolute Gasteiger partial charge is 0.211 e. The van der Waals surface area contributed by atoms with Gasteiger partial charge in [0, 0.05) is 26.2 Å². The number of hydrogen-bond acceptors (Lipinski definition) is 6. The molecule has 2 saturated heterocycles. The zero-order valence-corrected chi connectivity index (χ0v) is 14.3. The second-order valence-electron chi connectivity index (χ2n) is 6.25. The van der Waals surface area contributed by atoms with E-state index in [-0.39, 0.29) is 12.1 Å². The molecule has 0 radical (unpaired) electrons. The summed E-state index contributed by atoms with van der Waals surface area (Å²) in [7, 11) is -1.23. The summed E-state index contributed by atoms with van der Waals surface area (Å²) in [6, 6.07) is 0.407. The predicted molar refractivity (Wildman–Crippen MR) is 84.8 cm³/mol. The third kappa shape index (κ3) is 4.23. The van der Waals surface area contributed by atoms with Crippen molar-refractivity contribution in [3.63, 3.8) is 0 Å². The van der Waals surface area contributed by atoms with Gasteiger partial charge in [0.1, 0.15) is 6.10 Å². The first-order valence-electron chi connectivity index (χ1n) is 7.86. The molecule has 9 heteroatoms. The minimum Gasteiger partial charge on any atom is -0.483 e. The van der Waals surface area contributed by atoms with E-state index in [0.29, 0.717) is 32.3 Å². The molecule has 130 valence electrons. The van der Waals surface area contributed by atoms with E-state index >= 15 is 0 Å². The van der Waals surface area contributed by atoms with E-state index in [0.717, 1.165) is 18.6 Å². The molecule has 0 saturated carbocycles. The van der Waals surface area contributed by atoms with Crippen molar-refractivity contribution in [3.05, 3.63) is 12.4 Å². The quantitative estimate of drug-likeness (QED) is 0.781. The van der Waals surface area contributed by atoms with E-state index in [1.54, 1.807) is 15.2 Å². The lowest BCUT2D eigenvalue weighted by atomic mass is 10.0. The second-order valence-corrected chi connectivity index (χ2v) is 8.24. The molecule has 23 heavy (non-hydrogen) atoms. The van der Waals surface area contributed by atoms with Gasteiger partial charge in [0.25, 0.3) is 0 Å². The summed E-state index contributed by atoms with van der Waals surface area (Å²) < 4.78 is 37.8. The molecule has 8 nitrogen and oxygen atoms in total. The molecule has 0 aliphatic carbocycles. The van der Waals surface area contributed by atoms with E-state index in [1.165, 1.54) is 6.26 Å². The molecule has 1 N–H and O–H groups in total. The largest absolute Gasteiger partial charge is 0.483 e. The number of ether oxygens (including phenoxy) is 2. The van der Waals surface area contributed by atoms with Crippen LogP contribution < -0.4 is 10.1 Å². The topological polar surface area (TPSA) is 85.7 Å². The van der Waals surface area contributed by atoms with Crippen molar-refractivity contribution in [1.29, 1.82) is 0 Å². The highest BCUT2D eigenvalue weighted by Crippen LogP contribution is 2.19. The molecule has 2 aliphatic heterocycles. The minimum absolute atomic E-state index is 0.0489. The summed E-state index contributed by atoms with van der Waals surface area (Å²) in [5.41, 5.74) is 0. The van der Waals surface area contributed by atoms with Crippen molar-refractivity contribution >= 4 is 10.0 Å². The van der Waals surface area contributed by atoms with Crippen LogP contribution in [0.4, 0.5) is 0 Å².